The van der Waals surface area contributed by atoms with Crippen LogP contribution in [0, 0.1) is 5.92 Å². The highest BCUT2D eigenvalue weighted by molar-refractivity contribution is 5.99. The first-order valence-corrected chi connectivity index (χ1v) is 5.31. The fourth-order valence-corrected chi connectivity index (χ4v) is 1.69. The van der Waals surface area contributed by atoms with E-state index in [0.717, 1.165) is 5.56 Å². The summed E-state index contributed by atoms with van der Waals surface area (Å²) in [5.41, 5.74) is 1.41. The summed E-state index contributed by atoms with van der Waals surface area (Å²) in [6, 6.07) is 5.14. The Morgan fingerprint density at radius 1 is 1.20 bits per heavy atom. The van der Waals surface area contributed by atoms with Crippen molar-refractivity contribution in [2.45, 2.75) is 33.6 Å². The van der Waals surface area contributed by atoms with Crippen LogP contribution in [0.5, 0.6) is 5.75 Å². The minimum absolute atomic E-state index is 0.0377. The van der Waals surface area contributed by atoms with E-state index in [1.807, 2.05) is 27.7 Å². The Bertz CT molecular complexity index is 365. The van der Waals surface area contributed by atoms with Crippen molar-refractivity contribution in [1.82, 2.24) is 0 Å². The lowest BCUT2D eigenvalue weighted by atomic mass is 9.90. The smallest absolute Gasteiger partial charge is 0.165 e. The topological polar surface area (TPSA) is 37.3 Å². The van der Waals surface area contributed by atoms with Crippen LogP contribution in [0.1, 0.15) is 49.5 Å². The zero-order chi connectivity index (χ0) is 11.6. The Labute approximate surface area is 90.9 Å². The Morgan fingerprint density at radius 3 is 2.27 bits per heavy atom. The summed E-state index contributed by atoms with van der Waals surface area (Å²) in [5.74, 6) is 0.430. The van der Waals surface area contributed by atoms with Crippen LogP contribution in [0.15, 0.2) is 18.2 Å². The van der Waals surface area contributed by atoms with Crippen molar-refractivity contribution in [2.24, 2.45) is 5.92 Å². The molecule has 0 spiro atoms. The van der Waals surface area contributed by atoms with Crippen molar-refractivity contribution in [1.29, 1.82) is 0 Å². The Morgan fingerprint density at radius 2 is 1.80 bits per heavy atom. The number of hydrogen-bond donors (Lipinski definition) is 1. The second-order valence-corrected chi connectivity index (χ2v) is 4.41. The Hall–Kier alpha value is -1.31. The van der Waals surface area contributed by atoms with Gasteiger partial charge in [0.1, 0.15) is 5.75 Å². The van der Waals surface area contributed by atoms with Gasteiger partial charge in [0.05, 0.1) is 0 Å². The van der Waals surface area contributed by atoms with Gasteiger partial charge in [0.15, 0.2) is 5.78 Å². The molecule has 0 aliphatic rings. The van der Waals surface area contributed by atoms with Crippen molar-refractivity contribution >= 4 is 5.78 Å². The van der Waals surface area contributed by atoms with Gasteiger partial charge in [0, 0.05) is 17.0 Å². The molecular formula is C13H18O2. The molecule has 0 bridgehead atoms. The van der Waals surface area contributed by atoms with Crippen LogP contribution in [0.3, 0.4) is 0 Å². The molecule has 0 radical (unpaired) electrons. The van der Waals surface area contributed by atoms with E-state index in [0.29, 0.717) is 5.56 Å². The molecule has 0 atom stereocenters. The minimum Gasteiger partial charge on any atom is -0.508 e. The summed E-state index contributed by atoms with van der Waals surface area (Å²) < 4.78 is 0. The average molecular weight is 206 g/mol. The molecule has 1 aromatic carbocycles. The average Bonchev–Trinajstić information content (AvgIpc) is 2.15. The maximum atomic E-state index is 11.9. The number of benzene rings is 1. The summed E-state index contributed by atoms with van der Waals surface area (Å²) in [6.07, 6.45) is 0. The van der Waals surface area contributed by atoms with E-state index in [9.17, 15) is 9.90 Å². The number of rotatable bonds is 3. The lowest BCUT2D eigenvalue weighted by Crippen LogP contribution is -2.11. The van der Waals surface area contributed by atoms with Gasteiger partial charge >= 0.3 is 0 Å². The first kappa shape index (κ1) is 11.8. The molecule has 0 heterocycles. The van der Waals surface area contributed by atoms with Gasteiger partial charge in [-0.2, -0.15) is 0 Å². The van der Waals surface area contributed by atoms with Crippen molar-refractivity contribution in [3.63, 3.8) is 0 Å². The highest BCUT2D eigenvalue weighted by Crippen LogP contribution is 2.30. The lowest BCUT2D eigenvalue weighted by Gasteiger charge is -2.14. The van der Waals surface area contributed by atoms with E-state index in [-0.39, 0.29) is 23.4 Å². The molecule has 0 aromatic heterocycles. The van der Waals surface area contributed by atoms with Crippen molar-refractivity contribution in [3.05, 3.63) is 29.3 Å². The largest absolute Gasteiger partial charge is 0.508 e. The number of aromatic hydroxyl groups is 1. The van der Waals surface area contributed by atoms with Gasteiger partial charge in [0.25, 0.3) is 0 Å². The summed E-state index contributed by atoms with van der Waals surface area (Å²) in [5, 5.41) is 9.74. The SMILES string of the molecule is CC(C)C(=O)c1cccc(O)c1C(C)C. The summed E-state index contributed by atoms with van der Waals surface area (Å²) in [4.78, 5) is 11.9. The normalized spacial score (nSPS) is 11.1. The van der Waals surface area contributed by atoms with E-state index in [2.05, 4.69) is 0 Å². The number of hydrogen-bond acceptors (Lipinski definition) is 2. The van der Waals surface area contributed by atoms with Crippen LogP contribution in [0.4, 0.5) is 0 Å². The second-order valence-electron chi connectivity index (χ2n) is 4.41. The Balaban J connectivity index is 3.29. The molecule has 0 aliphatic carbocycles. The molecule has 0 unspecified atom stereocenters. The Kier molecular flexibility index (Phi) is 3.51. The molecular weight excluding hydrogens is 188 g/mol. The molecule has 0 aliphatic heterocycles. The standard InChI is InChI=1S/C13H18O2/c1-8(2)12-10(13(15)9(3)4)6-5-7-11(12)14/h5-9,14H,1-4H3. The van der Waals surface area contributed by atoms with Crippen LogP contribution >= 0.6 is 0 Å². The second kappa shape index (κ2) is 4.47. The fraction of sp³-hybridized carbons (Fsp3) is 0.462. The summed E-state index contributed by atoms with van der Waals surface area (Å²) in [6.45, 7) is 7.70. The molecule has 1 N–H and O–H groups in total. The molecule has 0 fully saturated rings. The van der Waals surface area contributed by atoms with E-state index in [1.54, 1.807) is 18.2 Å². The number of carbonyl (C=O) groups is 1. The third-order valence-corrected chi connectivity index (χ3v) is 2.45. The van der Waals surface area contributed by atoms with E-state index in [1.165, 1.54) is 0 Å². The number of carbonyl (C=O) groups excluding carboxylic acids is 1. The highest BCUT2D eigenvalue weighted by Gasteiger charge is 2.18. The molecule has 1 aromatic rings. The van der Waals surface area contributed by atoms with Gasteiger partial charge < -0.3 is 5.11 Å². The van der Waals surface area contributed by atoms with Crippen LogP contribution in [0.25, 0.3) is 0 Å². The third-order valence-electron chi connectivity index (χ3n) is 2.45. The maximum absolute atomic E-state index is 11.9. The first-order chi connectivity index (χ1) is 6.95. The van der Waals surface area contributed by atoms with Gasteiger partial charge in [-0.25, -0.2) is 0 Å². The molecule has 0 amide bonds. The summed E-state index contributed by atoms with van der Waals surface area (Å²) in [7, 11) is 0. The zero-order valence-corrected chi connectivity index (χ0v) is 9.74. The fourth-order valence-electron chi connectivity index (χ4n) is 1.69. The predicted octanol–water partition coefficient (Wildman–Crippen LogP) is 3.35. The van der Waals surface area contributed by atoms with Crippen LogP contribution in [0.2, 0.25) is 0 Å². The maximum Gasteiger partial charge on any atom is 0.165 e. The zero-order valence-electron chi connectivity index (χ0n) is 9.74. The van der Waals surface area contributed by atoms with E-state index in [4.69, 9.17) is 0 Å². The summed E-state index contributed by atoms with van der Waals surface area (Å²) >= 11 is 0. The predicted molar refractivity (Wildman–Crippen MR) is 61.4 cm³/mol. The highest BCUT2D eigenvalue weighted by atomic mass is 16.3. The number of phenols is 1. The molecule has 82 valence electrons. The van der Waals surface area contributed by atoms with E-state index < -0.39 is 0 Å². The number of ketones is 1. The quantitative estimate of drug-likeness (QED) is 0.770. The van der Waals surface area contributed by atoms with Crippen LogP contribution in [-0.4, -0.2) is 10.9 Å². The van der Waals surface area contributed by atoms with Crippen molar-refractivity contribution in [2.75, 3.05) is 0 Å². The van der Waals surface area contributed by atoms with Crippen LogP contribution in [-0.2, 0) is 0 Å². The van der Waals surface area contributed by atoms with Crippen molar-refractivity contribution < 1.29 is 9.90 Å². The third kappa shape index (κ3) is 2.38. The molecule has 0 saturated heterocycles. The van der Waals surface area contributed by atoms with E-state index >= 15 is 0 Å². The molecule has 2 nitrogen and oxygen atoms in total. The first-order valence-electron chi connectivity index (χ1n) is 5.31. The molecule has 0 saturated carbocycles. The molecule has 2 heteroatoms. The number of Topliss-reactive ketones (excluding diaryl/α,β-unsaturated/α-hetero) is 1. The van der Waals surface area contributed by atoms with Gasteiger partial charge in [-0.3, -0.25) is 4.79 Å². The van der Waals surface area contributed by atoms with Gasteiger partial charge in [-0.1, -0.05) is 39.8 Å². The van der Waals surface area contributed by atoms with Gasteiger partial charge in [-0.15, -0.1) is 0 Å². The number of phenolic OH excluding ortho intramolecular Hbond substituents is 1. The minimum atomic E-state index is -0.0377. The van der Waals surface area contributed by atoms with Gasteiger partial charge in [-0.05, 0) is 12.0 Å². The van der Waals surface area contributed by atoms with Crippen molar-refractivity contribution in [3.8, 4) is 5.75 Å². The molecule has 1 rings (SSSR count). The van der Waals surface area contributed by atoms with Crippen LogP contribution < -0.4 is 0 Å². The monoisotopic (exact) mass is 206 g/mol. The van der Waals surface area contributed by atoms with Gasteiger partial charge in [0.2, 0.25) is 0 Å². The molecule has 15 heavy (non-hydrogen) atoms. The lowest BCUT2D eigenvalue weighted by molar-refractivity contribution is 0.0937.